The van der Waals surface area contributed by atoms with E-state index in [1.54, 1.807) is 42.5 Å². The van der Waals surface area contributed by atoms with Crippen molar-refractivity contribution in [2.45, 2.75) is 18.1 Å². The molecule has 0 unspecified atom stereocenters. The van der Waals surface area contributed by atoms with Crippen LogP contribution in [0.15, 0.2) is 77.8 Å². The van der Waals surface area contributed by atoms with E-state index in [4.69, 9.17) is 11.6 Å². The fourth-order valence-electron chi connectivity index (χ4n) is 3.40. The number of aliphatic imine (C=N–C) groups is 1. The van der Waals surface area contributed by atoms with Gasteiger partial charge in [0.15, 0.2) is 5.17 Å². The Morgan fingerprint density at radius 2 is 1.76 bits per heavy atom. The van der Waals surface area contributed by atoms with Crippen LogP contribution in [0.4, 0.5) is 20.2 Å². The second-order valence-electron chi connectivity index (χ2n) is 7.54. The van der Waals surface area contributed by atoms with Gasteiger partial charge >= 0.3 is 0 Å². The molecular weight excluding hydrogens is 480 g/mol. The maximum Gasteiger partial charge on any atom is 0.238 e. The van der Waals surface area contributed by atoms with E-state index in [9.17, 15) is 18.4 Å². The Morgan fingerprint density at radius 3 is 2.50 bits per heavy atom. The molecule has 174 valence electrons. The fraction of sp³-hybridized carbons (Fsp3) is 0.160. The van der Waals surface area contributed by atoms with Crippen molar-refractivity contribution >= 4 is 51.7 Å². The third kappa shape index (κ3) is 5.81. The molecule has 1 aliphatic heterocycles. The van der Waals surface area contributed by atoms with Crippen molar-refractivity contribution in [2.75, 3.05) is 11.9 Å². The van der Waals surface area contributed by atoms with Crippen molar-refractivity contribution in [3.8, 4) is 0 Å². The summed E-state index contributed by atoms with van der Waals surface area (Å²) >= 11 is 7.27. The lowest BCUT2D eigenvalue weighted by Gasteiger charge is -2.32. The van der Waals surface area contributed by atoms with E-state index in [0.717, 1.165) is 11.8 Å². The zero-order chi connectivity index (χ0) is 24.1. The first-order chi connectivity index (χ1) is 16.4. The van der Waals surface area contributed by atoms with E-state index in [0.29, 0.717) is 27.1 Å². The van der Waals surface area contributed by atoms with E-state index in [2.05, 4.69) is 10.3 Å². The molecule has 1 N–H and O–H groups in total. The van der Waals surface area contributed by atoms with E-state index >= 15 is 0 Å². The second-order valence-corrected chi connectivity index (χ2v) is 9.11. The summed E-state index contributed by atoms with van der Waals surface area (Å²) in [5.74, 6) is -1.46. The summed E-state index contributed by atoms with van der Waals surface area (Å²) in [7, 11) is 0. The van der Waals surface area contributed by atoms with Gasteiger partial charge in [-0.1, -0.05) is 53.7 Å². The predicted molar refractivity (Wildman–Crippen MR) is 131 cm³/mol. The Hall–Kier alpha value is -3.23. The summed E-state index contributed by atoms with van der Waals surface area (Å²) in [5.41, 5.74) is 1.35. The molecule has 2 amide bonds. The van der Waals surface area contributed by atoms with Crippen molar-refractivity contribution in [1.29, 1.82) is 0 Å². The zero-order valence-electron chi connectivity index (χ0n) is 17.9. The number of carbonyl (C=O) groups excluding carboxylic acids is 2. The van der Waals surface area contributed by atoms with Crippen LogP contribution in [0.3, 0.4) is 0 Å². The molecule has 0 bridgehead atoms. The number of nitrogens with zero attached hydrogens (tertiary/aromatic N) is 2. The van der Waals surface area contributed by atoms with E-state index < -0.39 is 11.1 Å². The second kappa shape index (κ2) is 10.8. The topological polar surface area (TPSA) is 61.8 Å². The Balaban J connectivity index is 1.57. The average molecular weight is 500 g/mol. The molecule has 0 aliphatic carbocycles. The van der Waals surface area contributed by atoms with E-state index in [1.165, 1.54) is 35.2 Å². The minimum atomic E-state index is -0.743. The highest BCUT2D eigenvalue weighted by Gasteiger charge is 2.36. The molecule has 34 heavy (non-hydrogen) atoms. The molecule has 9 heteroatoms. The summed E-state index contributed by atoms with van der Waals surface area (Å²) in [4.78, 5) is 31.9. The number of hydrogen-bond acceptors (Lipinski definition) is 4. The number of amidine groups is 1. The summed E-state index contributed by atoms with van der Waals surface area (Å²) in [6.07, 6.45) is 0.221. The Morgan fingerprint density at radius 1 is 1.06 bits per heavy atom. The third-order valence-electron chi connectivity index (χ3n) is 5.18. The molecule has 0 aromatic heterocycles. The van der Waals surface area contributed by atoms with Gasteiger partial charge in [-0.3, -0.25) is 14.5 Å². The highest BCUT2D eigenvalue weighted by Crippen LogP contribution is 2.31. The minimum Gasteiger partial charge on any atom is -0.324 e. The molecule has 0 radical (unpaired) electrons. The van der Waals surface area contributed by atoms with Crippen LogP contribution in [0.25, 0.3) is 0 Å². The number of nitrogens with one attached hydrogen (secondary N) is 1. The quantitative estimate of drug-likeness (QED) is 0.465. The van der Waals surface area contributed by atoms with Crippen molar-refractivity contribution in [1.82, 2.24) is 4.90 Å². The van der Waals surface area contributed by atoms with Crippen LogP contribution in [0.2, 0.25) is 5.02 Å². The van der Waals surface area contributed by atoms with E-state index in [-0.39, 0.29) is 37.0 Å². The van der Waals surface area contributed by atoms with Gasteiger partial charge in [-0.05, 0) is 54.4 Å². The first kappa shape index (κ1) is 23.9. The molecule has 3 aromatic rings. The number of halogens is 3. The normalized spacial score (nSPS) is 17.1. The monoisotopic (exact) mass is 499 g/mol. The Labute approximate surface area is 204 Å². The van der Waals surface area contributed by atoms with Crippen LogP contribution in [0, 0.1) is 11.6 Å². The van der Waals surface area contributed by atoms with Gasteiger partial charge in [-0.2, -0.15) is 0 Å². The highest BCUT2D eigenvalue weighted by atomic mass is 35.5. The number of benzene rings is 3. The van der Waals surface area contributed by atoms with Crippen LogP contribution in [-0.2, 0) is 16.0 Å². The number of thioether (sulfide) groups is 1. The van der Waals surface area contributed by atoms with Crippen LogP contribution >= 0.6 is 23.4 Å². The predicted octanol–water partition coefficient (Wildman–Crippen LogP) is 5.82. The van der Waals surface area contributed by atoms with Gasteiger partial charge in [0.1, 0.15) is 16.9 Å². The van der Waals surface area contributed by atoms with E-state index in [1.807, 2.05) is 0 Å². The largest absolute Gasteiger partial charge is 0.324 e. The lowest BCUT2D eigenvalue weighted by Crippen LogP contribution is -2.46. The number of carbonyl (C=O) groups is 2. The number of para-hydroxylation sites is 1. The molecular formula is C25H20ClF2N3O2S. The van der Waals surface area contributed by atoms with Crippen molar-refractivity contribution in [3.63, 3.8) is 0 Å². The third-order valence-corrected chi connectivity index (χ3v) is 6.70. The van der Waals surface area contributed by atoms with Crippen molar-refractivity contribution in [3.05, 3.63) is 95.0 Å². The molecule has 1 saturated heterocycles. The number of amides is 2. The molecule has 4 rings (SSSR count). The van der Waals surface area contributed by atoms with Crippen LogP contribution < -0.4 is 5.32 Å². The maximum absolute atomic E-state index is 14.1. The van der Waals surface area contributed by atoms with Gasteiger partial charge in [-0.15, -0.1) is 0 Å². The zero-order valence-corrected chi connectivity index (χ0v) is 19.5. The first-order valence-corrected chi connectivity index (χ1v) is 11.8. The van der Waals surface area contributed by atoms with Gasteiger partial charge < -0.3 is 5.32 Å². The first-order valence-electron chi connectivity index (χ1n) is 10.5. The Kier molecular flexibility index (Phi) is 7.59. The van der Waals surface area contributed by atoms with Gasteiger partial charge in [-0.25, -0.2) is 13.8 Å². The number of rotatable bonds is 6. The molecule has 0 spiro atoms. The molecule has 1 fully saturated rings. The van der Waals surface area contributed by atoms with Crippen molar-refractivity contribution < 1.29 is 18.4 Å². The van der Waals surface area contributed by atoms with Crippen LogP contribution in [0.1, 0.15) is 12.0 Å². The molecule has 1 atom stereocenters. The standard InChI is InChI=1S/C25H20ClF2N3O2S/c26-19-6-2-4-8-21(19)30-24(33)22-15-23(32)31(14-13-16-5-1-3-7-20(16)28)25(34-22)29-18-11-9-17(27)10-12-18/h1-12,22H,13-15H2,(H,30,33)/t22-/m0/s1. The fourth-order valence-corrected chi connectivity index (χ4v) is 4.70. The molecule has 5 nitrogen and oxygen atoms in total. The smallest absolute Gasteiger partial charge is 0.238 e. The SMILES string of the molecule is O=C(Nc1ccccc1Cl)[C@@H]1CC(=O)N(CCc2ccccc2F)C(=Nc2ccc(F)cc2)S1. The van der Waals surface area contributed by atoms with Gasteiger partial charge in [0.25, 0.3) is 0 Å². The van der Waals surface area contributed by atoms with Crippen molar-refractivity contribution in [2.24, 2.45) is 4.99 Å². The lowest BCUT2D eigenvalue weighted by atomic mass is 10.1. The lowest BCUT2D eigenvalue weighted by molar-refractivity contribution is -0.129. The number of hydrogen-bond donors (Lipinski definition) is 1. The van der Waals surface area contributed by atoms with Gasteiger partial charge in [0, 0.05) is 13.0 Å². The highest BCUT2D eigenvalue weighted by molar-refractivity contribution is 8.15. The Bertz CT molecular complexity index is 1240. The molecule has 0 saturated carbocycles. The summed E-state index contributed by atoms with van der Waals surface area (Å²) in [6.45, 7) is 0.186. The van der Waals surface area contributed by atoms with Gasteiger partial charge in [0.05, 0.1) is 16.4 Å². The maximum atomic E-state index is 14.1. The summed E-state index contributed by atoms with van der Waals surface area (Å²) in [6, 6.07) is 18.7. The number of anilines is 1. The molecule has 1 heterocycles. The minimum absolute atomic E-state index is 0.0549. The summed E-state index contributed by atoms with van der Waals surface area (Å²) < 4.78 is 27.4. The molecule has 1 aliphatic rings. The molecule has 3 aromatic carbocycles. The summed E-state index contributed by atoms with van der Waals surface area (Å²) in [5, 5.41) is 2.69. The average Bonchev–Trinajstić information content (AvgIpc) is 2.82. The van der Waals surface area contributed by atoms with Crippen LogP contribution in [-0.4, -0.2) is 33.7 Å². The van der Waals surface area contributed by atoms with Crippen LogP contribution in [0.5, 0.6) is 0 Å². The van der Waals surface area contributed by atoms with Gasteiger partial charge in [0.2, 0.25) is 11.8 Å².